The van der Waals surface area contributed by atoms with Gasteiger partial charge in [0, 0.05) is 37.7 Å². The second-order valence-corrected chi connectivity index (χ2v) is 11.4. The van der Waals surface area contributed by atoms with Crippen molar-refractivity contribution in [2.75, 3.05) is 26.0 Å². The molecule has 1 aromatic carbocycles. The van der Waals surface area contributed by atoms with E-state index in [1.807, 2.05) is 0 Å². The maximum atomic E-state index is 12.7. The predicted molar refractivity (Wildman–Crippen MR) is 121 cm³/mol. The highest BCUT2D eigenvalue weighted by Crippen LogP contribution is 2.52. The van der Waals surface area contributed by atoms with Crippen molar-refractivity contribution >= 4 is 10.0 Å². The number of sulfonamides is 1. The third-order valence-electron chi connectivity index (χ3n) is 7.23. The minimum Gasteiger partial charge on any atom is -0.486 e. The summed E-state index contributed by atoms with van der Waals surface area (Å²) in [6, 6.07) is 10.7. The Morgan fingerprint density at radius 3 is 2.69 bits per heavy atom. The molecule has 0 N–H and O–H groups in total. The quantitative estimate of drug-likeness (QED) is 0.662. The van der Waals surface area contributed by atoms with Crippen LogP contribution in [-0.2, 0) is 16.6 Å². The molecule has 7 nitrogen and oxygen atoms in total. The van der Waals surface area contributed by atoms with E-state index in [-0.39, 0.29) is 23.1 Å². The summed E-state index contributed by atoms with van der Waals surface area (Å²) in [5.41, 5.74) is 2.66. The Kier molecular flexibility index (Phi) is 5.63. The minimum absolute atomic E-state index is 0.0143. The lowest BCUT2D eigenvalue weighted by Gasteiger charge is -2.33. The predicted octanol–water partition coefficient (Wildman–Crippen LogP) is 3.12. The van der Waals surface area contributed by atoms with Crippen LogP contribution in [0.4, 0.5) is 0 Å². The van der Waals surface area contributed by atoms with Gasteiger partial charge in [-0.2, -0.15) is 0 Å². The van der Waals surface area contributed by atoms with Crippen LogP contribution in [0.3, 0.4) is 0 Å². The van der Waals surface area contributed by atoms with Gasteiger partial charge in [-0.3, -0.25) is 9.69 Å². The first kappa shape index (κ1) is 21.7. The summed E-state index contributed by atoms with van der Waals surface area (Å²) in [5.74, 6) is 1.70. The number of nitrogens with zero attached hydrogens (tertiary/aromatic N) is 2. The number of hydrogen-bond acceptors (Lipinski definition) is 6. The molecule has 3 atom stereocenters. The van der Waals surface area contributed by atoms with E-state index in [0.29, 0.717) is 37.4 Å². The molecule has 0 spiro atoms. The molecule has 2 unspecified atom stereocenters. The highest BCUT2D eigenvalue weighted by atomic mass is 32.2. The molecule has 3 aliphatic rings. The van der Waals surface area contributed by atoms with E-state index in [9.17, 15) is 13.2 Å². The second kappa shape index (κ2) is 8.32. The molecule has 1 saturated heterocycles. The molecule has 0 radical (unpaired) electrons. The molecular formula is C24H30N2O5S. The summed E-state index contributed by atoms with van der Waals surface area (Å²) in [4.78, 5) is 15.1. The van der Waals surface area contributed by atoms with Gasteiger partial charge in [-0.15, -0.1) is 0 Å². The number of fused-ring (bicyclic) bond motifs is 3. The molecule has 2 fully saturated rings. The number of piperidine rings is 1. The summed E-state index contributed by atoms with van der Waals surface area (Å²) in [7, 11) is -3.14. The smallest absolute Gasteiger partial charge is 0.227 e. The van der Waals surface area contributed by atoms with Gasteiger partial charge in [0.25, 0.3) is 0 Å². The van der Waals surface area contributed by atoms with Crippen LogP contribution in [0.1, 0.15) is 55.0 Å². The van der Waals surface area contributed by atoms with Gasteiger partial charge in [0.15, 0.2) is 0 Å². The molecular weight excluding hydrogens is 428 g/mol. The molecule has 2 aromatic rings. The average Bonchev–Trinajstić information content (AvgIpc) is 3.58. The molecule has 1 saturated carbocycles. The number of ether oxygens (including phenoxy) is 1. The van der Waals surface area contributed by atoms with Crippen LogP contribution < -0.4 is 10.2 Å². The topological polar surface area (TPSA) is 80.1 Å². The minimum atomic E-state index is -3.14. The van der Waals surface area contributed by atoms with Crippen LogP contribution >= 0.6 is 0 Å². The first-order valence-corrected chi connectivity index (χ1v) is 13.2. The van der Waals surface area contributed by atoms with Gasteiger partial charge < -0.3 is 9.15 Å². The zero-order valence-corrected chi connectivity index (χ0v) is 19.4. The molecule has 32 heavy (non-hydrogen) atoms. The van der Waals surface area contributed by atoms with Crippen LogP contribution in [0.5, 0.6) is 5.75 Å². The maximum absolute atomic E-state index is 12.7. The summed E-state index contributed by atoms with van der Waals surface area (Å²) >= 11 is 0. The fraction of sp³-hybridized carbons (Fsp3) is 0.542. The molecule has 0 amide bonds. The van der Waals surface area contributed by atoms with E-state index in [0.717, 1.165) is 25.8 Å². The Hall–Kier alpha value is -2.16. The molecule has 1 aliphatic carbocycles. The third-order valence-corrected chi connectivity index (χ3v) is 8.54. The molecule has 8 heteroatoms. The first-order chi connectivity index (χ1) is 15.3. The standard InChI is InChI=1S/C24H30N2O5S/c1-16(26-13-18-5-3-4-6-19(18)20-11-21(20)26)23-12-22(27)24(15-31-23)30-14-17-7-9-25(10-8-17)32(2,28)29/h3-6,12,15-17,20-21H,7-11,13-14H2,1-2H3/t16-,20?,21?/m1/s1. The van der Waals surface area contributed by atoms with Crippen LogP contribution in [0, 0.1) is 5.92 Å². The van der Waals surface area contributed by atoms with Crippen molar-refractivity contribution in [1.82, 2.24) is 9.21 Å². The summed E-state index contributed by atoms with van der Waals surface area (Å²) in [5, 5.41) is 0. The van der Waals surface area contributed by atoms with Crippen molar-refractivity contribution in [3.63, 3.8) is 0 Å². The average molecular weight is 459 g/mol. The maximum Gasteiger partial charge on any atom is 0.227 e. The highest BCUT2D eigenvalue weighted by Gasteiger charge is 2.48. The van der Waals surface area contributed by atoms with Crippen LogP contribution in [-0.4, -0.2) is 49.6 Å². The Bertz CT molecular complexity index is 1150. The molecule has 1 aromatic heterocycles. The summed E-state index contributed by atoms with van der Waals surface area (Å²) in [6.07, 6.45) is 5.29. The normalized spacial score (nSPS) is 25.1. The molecule has 0 bridgehead atoms. The van der Waals surface area contributed by atoms with Crippen molar-refractivity contribution in [1.29, 1.82) is 0 Å². The van der Waals surface area contributed by atoms with Crippen molar-refractivity contribution in [3.05, 3.63) is 63.7 Å². The van der Waals surface area contributed by atoms with Crippen LogP contribution in [0.2, 0.25) is 0 Å². The fourth-order valence-corrected chi connectivity index (χ4v) is 6.05. The molecule has 2 aliphatic heterocycles. The van der Waals surface area contributed by atoms with E-state index in [4.69, 9.17) is 9.15 Å². The van der Waals surface area contributed by atoms with Gasteiger partial charge in [-0.1, -0.05) is 24.3 Å². The molecule has 172 valence electrons. The Morgan fingerprint density at radius 2 is 1.97 bits per heavy atom. The van der Waals surface area contributed by atoms with Gasteiger partial charge in [-0.05, 0) is 43.2 Å². The lowest BCUT2D eigenvalue weighted by Crippen LogP contribution is -2.39. The lowest BCUT2D eigenvalue weighted by atomic mass is 9.98. The Morgan fingerprint density at radius 1 is 1.22 bits per heavy atom. The zero-order chi connectivity index (χ0) is 22.5. The van der Waals surface area contributed by atoms with Crippen molar-refractivity contribution in [3.8, 4) is 5.75 Å². The SMILES string of the molecule is C[C@H](c1cc(=O)c(OCC2CCN(S(C)(=O)=O)CC2)co1)N1Cc2ccccc2C2CC21. The van der Waals surface area contributed by atoms with E-state index >= 15 is 0 Å². The number of benzene rings is 1. The van der Waals surface area contributed by atoms with E-state index in [2.05, 4.69) is 36.1 Å². The monoisotopic (exact) mass is 458 g/mol. The summed E-state index contributed by atoms with van der Waals surface area (Å²) < 4.78 is 36.4. The van der Waals surface area contributed by atoms with Gasteiger partial charge >= 0.3 is 0 Å². The highest BCUT2D eigenvalue weighted by molar-refractivity contribution is 7.88. The van der Waals surface area contributed by atoms with Crippen LogP contribution in [0.15, 0.2) is 45.8 Å². The Balaban J connectivity index is 1.20. The van der Waals surface area contributed by atoms with Gasteiger partial charge in [0.05, 0.1) is 18.9 Å². The van der Waals surface area contributed by atoms with Gasteiger partial charge in [0.2, 0.25) is 21.2 Å². The third kappa shape index (κ3) is 4.23. The van der Waals surface area contributed by atoms with Crippen LogP contribution in [0.25, 0.3) is 0 Å². The van der Waals surface area contributed by atoms with E-state index < -0.39 is 10.0 Å². The van der Waals surface area contributed by atoms with Gasteiger partial charge in [-0.25, -0.2) is 12.7 Å². The fourth-order valence-electron chi connectivity index (χ4n) is 5.18. The number of hydrogen-bond donors (Lipinski definition) is 0. The van der Waals surface area contributed by atoms with Crippen molar-refractivity contribution < 1.29 is 17.6 Å². The number of rotatable bonds is 6. The zero-order valence-electron chi connectivity index (χ0n) is 18.6. The second-order valence-electron chi connectivity index (χ2n) is 9.38. The van der Waals surface area contributed by atoms with Gasteiger partial charge in [0.1, 0.15) is 12.0 Å². The van der Waals surface area contributed by atoms with E-state index in [1.165, 1.54) is 28.0 Å². The summed E-state index contributed by atoms with van der Waals surface area (Å²) in [6.45, 7) is 4.35. The van der Waals surface area contributed by atoms with Crippen molar-refractivity contribution in [2.45, 2.75) is 50.7 Å². The molecule has 3 heterocycles. The largest absolute Gasteiger partial charge is 0.486 e. The lowest BCUT2D eigenvalue weighted by molar-refractivity contribution is 0.153. The van der Waals surface area contributed by atoms with E-state index in [1.54, 1.807) is 6.07 Å². The van der Waals surface area contributed by atoms with Crippen molar-refractivity contribution in [2.24, 2.45) is 5.92 Å². The first-order valence-electron chi connectivity index (χ1n) is 11.4. The molecule has 5 rings (SSSR count). The Labute approximate surface area is 189 Å².